The van der Waals surface area contributed by atoms with Crippen LogP contribution < -0.4 is 11.1 Å². The zero-order valence-corrected chi connectivity index (χ0v) is 10.6. The van der Waals surface area contributed by atoms with E-state index in [1.165, 1.54) is 0 Å². The molecule has 2 rings (SSSR count). The van der Waals surface area contributed by atoms with Gasteiger partial charge in [0, 0.05) is 21.0 Å². The monoisotopic (exact) mass is 236 g/mol. The van der Waals surface area contributed by atoms with E-state index in [0.29, 0.717) is 6.42 Å². The highest BCUT2D eigenvalue weighted by Gasteiger charge is 2.21. The number of benzene rings is 1. The van der Waals surface area contributed by atoms with Crippen LogP contribution in [0.4, 0.5) is 11.4 Å². The number of amides is 1. The Balaban J connectivity index is 2.35. The van der Waals surface area contributed by atoms with Crippen LogP contribution in [-0.4, -0.2) is 10.7 Å². The lowest BCUT2D eigenvalue weighted by Gasteiger charge is -2.19. The number of nitrogen functional groups attached to an aromatic ring is 1. The highest BCUT2D eigenvalue weighted by atomic mass is 32.2. The summed E-state index contributed by atoms with van der Waals surface area (Å²) in [6.45, 7) is 6.43. The SMILES string of the molecule is CC(C)(C)Sc1cc2c(cc1N)CC(=O)N2. The van der Waals surface area contributed by atoms with Gasteiger partial charge in [-0.15, -0.1) is 11.8 Å². The number of carbonyl (C=O) groups excluding carboxylic acids is 1. The van der Waals surface area contributed by atoms with Gasteiger partial charge in [-0.1, -0.05) is 20.8 Å². The first-order valence-electron chi connectivity index (χ1n) is 5.26. The van der Waals surface area contributed by atoms with E-state index in [4.69, 9.17) is 5.73 Å². The topological polar surface area (TPSA) is 55.1 Å². The molecule has 1 heterocycles. The van der Waals surface area contributed by atoms with Crippen LogP contribution in [0.3, 0.4) is 0 Å². The minimum Gasteiger partial charge on any atom is -0.398 e. The zero-order valence-electron chi connectivity index (χ0n) is 9.76. The molecule has 0 spiro atoms. The molecule has 1 aromatic rings. The van der Waals surface area contributed by atoms with E-state index >= 15 is 0 Å². The molecule has 86 valence electrons. The van der Waals surface area contributed by atoms with Crippen LogP contribution in [0.2, 0.25) is 0 Å². The van der Waals surface area contributed by atoms with Crippen molar-refractivity contribution in [2.75, 3.05) is 11.1 Å². The van der Waals surface area contributed by atoms with Gasteiger partial charge in [0.2, 0.25) is 5.91 Å². The maximum absolute atomic E-state index is 11.2. The van der Waals surface area contributed by atoms with E-state index in [9.17, 15) is 4.79 Å². The van der Waals surface area contributed by atoms with Crippen molar-refractivity contribution >= 4 is 29.0 Å². The fourth-order valence-electron chi connectivity index (χ4n) is 1.69. The molecule has 16 heavy (non-hydrogen) atoms. The Hall–Kier alpha value is -1.16. The second-order valence-electron chi connectivity index (χ2n) is 4.99. The van der Waals surface area contributed by atoms with Crippen LogP contribution in [0.25, 0.3) is 0 Å². The molecular weight excluding hydrogens is 220 g/mol. The molecule has 1 aliphatic rings. The third-order valence-corrected chi connectivity index (χ3v) is 3.46. The normalized spacial score (nSPS) is 14.8. The minimum atomic E-state index is 0.0484. The lowest BCUT2D eigenvalue weighted by Crippen LogP contribution is -2.08. The molecule has 1 amide bonds. The summed E-state index contributed by atoms with van der Waals surface area (Å²) in [5.41, 5.74) is 8.65. The summed E-state index contributed by atoms with van der Waals surface area (Å²) in [5.74, 6) is 0.0484. The van der Waals surface area contributed by atoms with Gasteiger partial charge in [-0.2, -0.15) is 0 Å². The maximum Gasteiger partial charge on any atom is 0.228 e. The molecule has 0 unspecified atom stereocenters. The molecule has 3 N–H and O–H groups in total. The van der Waals surface area contributed by atoms with Crippen LogP contribution in [0.5, 0.6) is 0 Å². The largest absolute Gasteiger partial charge is 0.398 e. The number of nitrogens with one attached hydrogen (secondary N) is 1. The Morgan fingerprint density at radius 2 is 2.06 bits per heavy atom. The fraction of sp³-hybridized carbons (Fsp3) is 0.417. The maximum atomic E-state index is 11.2. The summed E-state index contributed by atoms with van der Waals surface area (Å²) in [6, 6.07) is 3.88. The first-order chi connectivity index (χ1) is 7.35. The number of hydrogen-bond donors (Lipinski definition) is 2. The average Bonchev–Trinajstić information content (AvgIpc) is 2.42. The van der Waals surface area contributed by atoms with Crippen molar-refractivity contribution in [3.8, 4) is 0 Å². The van der Waals surface area contributed by atoms with Gasteiger partial charge in [-0.3, -0.25) is 4.79 Å². The molecule has 3 nitrogen and oxygen atoms in total. The van der Waals surface area contributed by atoms with Gasteiger partial charge >= 0.3 is 0 Å². The Kier molecular flexibility index (Phi) is 2.62. The van der Waals surface area contributed by atoms with Gasteiger partial charge < -0.3 is 11.1 Å². The van der Waals surface area contributed by atoms with Gasteiger partial charge in [0.25, 0.3) is 0 Å². The Bertz CT molecular complexity index is 449. The molecule has 0 bridgehead atoms. The van der Waals surface area contributed by atoms with Gasteiger partial charge in [0.05, 0.1) is 6.42 Å². The van der Waals surface area contributed by atoms with Crippen molar-refractivity contribution in [1.29, 1.82) is 0 Å². The molecule has 0 aliphatic carbocycles. The molecule has 4 heteroatoms. The van der Waals surface area contributed by atoms with E-state index in [1.807, 2.05) is 12.1 Å². The first-order valence-corrected chi connectivity index (χ1v) is 6.08. The van der Waals surface area contributed by atoms with E-state index in [-0.39, 0.29) is 10.7 Å². The summed E-state index contributed by atoms with van der Waals surface area (Å²) >= 11 is 1.72. The highest BCUT2D eigenvalue weighted by Crippen LogP contribution is 2.39. The average molecular weight is 236 g/mol. The molecule has 0 saturated heterocycles. The van der Waals surface area contributed by atoms with E-state index in [2.05, 4.69) is 26.1 Å². The summed E-state index contributed by atoms with van der Waals surface area (Å²) in [4.78, 5) is 12.3. The molecular formula is C12H16N2OS. The number of hydrogen-bond acceptors (Lipinski definition) is 3. The van der Waals surface area contributed by atoms with E-state index in [0.717, 1.165) is 21.8 Å². The van der Waals surface area contributed by atoms with Crippen LogP contribution in [0.15, 0.2) is 17.0 Å². The van der Waals surface area contributed by atoms with Gasteiger partial charge in [-0.25, -0.2) is 0 Å². The zero-order chi connectivity index (χ0) is 11.9. The minimum absolute atomic E-state index is 0.0484. The number of carbonyl (C=O) groups is 1. The molecule has 1 aliphatic heterocycles. The predicted octanol–water partition coefficient (Wildman–Crippen LogP) is 2.65. The number of nitrogens with two attached hydrogens (primary N) is 1. The first kappa shape index (κ1) is 11.3. The second-order valence-corrected chi connectivity index (χ2v) is 6.86. The number of thioether (sulfide) groups is 1. The third-order valence-electron chi connectivity index (χ3n) is 2.28. The van der Waals surface area contributed by atoms with Crippen molar-refractivity contribution in [3.05, 3.63) is 17.7 Å². The van der Waals surface area contributed by atoms with Gasteiger partial charge in [0.15, 0.2) is 0 Å². The van der Waals surface area contributed by atoms with Crippen molar-refractivity contribution in [1.82, 2.24) is 0 Å². The quantitative estimate of drug-likeness (QED) is 0.582. The van der Waals surface area contributed by atoms with Crippen LogP contribution in [0.1, 0.15) is 26.3 Å². The van der Waals surface area contributed by atoms with Crippen LogP contribution in [0, 0.1) is 0 Å². The molecule has 1 aromatic carbocycles. The third kappa shape index (κ3) is 2.32. The molecule has 0 atom stereocenters. The Morgan fingerprint density at radius 1 is 1.38 bits per heavy atom. The fourth-order valence-corrected chi connectivity index (χ4v) is 2.71. The molecule has 0 fully saturated rings. The number of fused-ring (bicyclic) bond motifs is 1. The Labute approximate surface area is 99.8 Å². The van der Waals surface area contributed by atoms with Crippen molar-refractivity contribution < 1.29 is 4.79 Å². The van der Waals surface area contributed by atoms with Crippen molar-refractivity contribution in [2.45, 2.75) is 36.8 Å². The number of rotatable bonds is 1. The lowest BCUT2D eigenvalue weighted by molar-refractivity contribution is -0.115. The smallest absolute Gasteiger partial charge is 0.228 e. The standard InChI is InChI=1S/C12H16N2OS/c1-12(2,3)16-10-6-9-7(4-8(10)13)5-11(15)14-9/h4,6H,5,13H2,1-3H3,(H,14,15). The van der Waals surface area contributed by atoms with E-state index in [1.54, 1.807) is 11.8 Å². The summed E-state index contributed by atoms with van der Waals surface area (Å²) in [6.07, 6.45) is 0.444. The van der Waals surface area contributed by atoms with Crippen LogP contribution >= 0.6 is 11.8 Å². The van der Waals surface area contributed by atoms with Gasteiger partial charge in [0.1, 0.15) is 0 Å². The molecule has 0 saturated carbocycles. The summed E-state index contributed by atoms with van der Waals surface area (Å²) in [7, 11) is 0. The number of anilines is 2. The lowest BCUT2D eigenvalue weighted by atomic mass is 10.1. The van der Waals surface area contributed by atoms with Crippen molar-refractivity contribution in [3.63, 3.8) is 0 Å². The van der Waals surface area contributed by atoms with Crippen LogP contribution in [-0.2, 0) is 11.2 Å². The highest BCUT2D eigenvalue weighted by molar-refractivity contribution is 8.00. The summed E-state index contributed by atoms with van der Waals surface area (Å²) in [5, 5.41) is 2.84. The predicted molar refractivity (Wildman–Crippen MR) is 68.8 cm³/mol. The van der Waals surface area contributed by atoms with Crippen molar-refractivity contribution in [2.24, 2.45) is 0 Å². The summed E-state index contributed by atoms with van der Waals surface area (Å²) < 4.78 is 0.116. The molecule has 0 radical (unpaired) electrons. The van der Waals surface area contributed by atoms with E-state index < -0.39 is 0 Å². The van der Waals surface area contributed by atoms with Gasteiger partial charge in [-0.05, 0) is 17.7 Å². The Morgan fingerprint density at radius 3 is 2.69 bits per heavy atom. The second kappa shape index (κ2) is 3.70. The molecule has 0 aromatic heterocycles.